The van der Waals surface area contributed by atoms with Crippen LogP contribution in [0, 0.1) is 0 Å². The lowest BCUT2D eigenvalue weighted by Crippen LogP contribution is -2.55. The van der Waals surface area contributed by atoms with Gasteiger partial charge in [0.05, 0.1) is 11.2 Å². The molecule has 1 heterocycles. The predicted octanol–water partition coefficient (Wildman–Crippen LogP) is 1.59. The highest BCUT2D eigenvalue weighted by atomic mass is 35.5. The Morgan fingerprint density at radius 2 is 2.05 bits per heavy atom. The van der Waals surface area contributed by atoms with Gasteiger partial charge in [-0.1, -0.05) is 30.9 Å². The molecule has 0 unspecified atom stereocenters. The first-order chi connectivity index (χ1) is 8.96. The molecule has 1 amide bonds. The second-order valence-corrected chi connectivity index (χ2v) is 5.27. The fraction of sp³-hybridized carbons (Fsp3) is 0.583. The zero-order valence-corrected chi connectivity index (χ0v) is 11.4. The molecule has 2 rings (SSSR count). The van der Waals surface area contributed by atoms with E-state index in [9.17, 15) is 14.7 Å². The van der Waals surface area contributed by atoms with Crippen molar-refractivity contribution in [3.63, 3.8) is 0 Å². The number of amides is 1. The summed E-state index contributed by atoms with van der Waals surface area (Å²) in [7, 11) is 1.59. The lowest BCUT2D eigenvalue weighted by Gasteiger charge is -2.33. The first kappa shape index (κ1) is 13.9. The second kappa shape index (κ2) is 5.21. The Morgan fingerprint density at radius 1 is 1.42 bits per heavy atom. The summed E-state index contributed by atoms with van der Waals surface area (Å²) in [5.74, 6) is -1.48. The van der Waals surface area contributed by atoms with Crippen molar-refractivity contribution in [2.24, 2.45) is 7.05 Å². The van der Waals surface area contributed by atoms with Gasteiger partial charge in [0.15, 0.2) is 0 Å². The molecule has 0 bridgehead atoms. The Hall–Kier alpha value is -1.56. The summed E-state index contributed by atoms with van der Waals surface area (Å²) in [6.07, 6.45) is 4.85. The van der Waals surface area contributed by atoms with Crippen molar-refractivity contribution >= 4 is 23.5 Å². The van der Waals surface area contributed by atoms with Gasteiger partial charge < -0.3 is 10.4 Å². The van der Waals surface area contributed by atoms with Crippen LogP contribution in [-0.2, 0) is 11.8 Å². The number of aromatic nitrogens is 2. The van der Waals surface area contributed by atoms with E-state index in [0.29, 0.717) is 12.8 Å². The molecule has 2 N–H and O–H groups in total. The Morgan fingerprint density at radius 3 is 2.53 bits per heavy atom. The molecular weight excluding hydrogens is 270 g/mol. The van der Waals surface area contributed by atoms with Crippen molar-refractivity contribution in [3.8, 4) is 0 Å². The van der Waals surface area contributed by atoms with Crippen LogP contribution in [0.25, 0.3) is 0 Å². The molecule has 1 aliphatic rings. The Labute approximate surface area is 115 Å². The number of nitrogens with zero attached hydrogens (tertiary/aromatic N) is 2. The summed E-state index contributed by atoms with van der Waals surface area (Å²) in [5, 5.41) is 16.1. The van der Waals surface area contributed by atoms with Crippen LogP contribution in [0.5, 0.6) is 0 Å². The summed E-state index contributed by atoms with van der Waals surface area (Å²) in [5.41, 5.74) is -0.990. The van der Waals surface area contributed by atoms with E-state index in [1.165, 1.54) is 10.9 Å². The minimum absolute atomic E-state index is 0.188. The molecule has 0 spiro atoms. The van der Waals surface area contributed by atoms with Crippen LogP contribution >= 0.6 is 11.6 Å². The highest BCUT2D eigenvalue weighted by Crippen LogP contribution is 2.29. The van der Waals surface area contributed by atoms with Gasteiger partial charge in [-0.25, -0.2) is 4.79 Å². The molecule has 1 aromatic heterocycles. The van der Waals surface area contributed by atoms with Gasteiger partial charge in [0.1, 0.15) is 11.2 Å². The minimum Gasteiger partial charge on any atom is -0.480 e. The number of hydrogen-bond donors (Lipinski definition) is 2. The van der Waals surface area contributed by atoms with Crippen LogP contribution in [-0.4, -0.2) is 32.3 Å². The monoisotopic (exact) mass is 285 g/mol. The van der Waals surface area contributed by atoms with E-state index in [1.54, 1.807) is 7.05 Å². The Balaban J connectivity index is 2.23. The number of carboxylic acid groups (broad SMARTS) is 1. The van der Waals surface area contributed by atoms with E-state index in [0.717, 1.165) is 19.3 Å². The van der Waals surface area contributed by atoms with E-state index >= 15 is 0 Å². The number of hydrogen-bond acceptors (Lipinski definition) is 3. The smallest absolute Gasteiger partial charge is 0.329 e. The van der Waals surface area contributed by atoms with Crippen LogP contribution in [0.3, 0.4) is 0 Å². The molecule has 1 saturated carbocycles. The molecule has 1 fully saturated rings. The van der Waals surface area contributed by atoms with E-state index in [1.807, 2.05) is 0 Å². The lowest BCUT2D eigenvalue weighted by molar-refractivity contribution is -0.145. The van der Waals surface area contributed by atoms with Gasteiger partial charge in [-0.05, 0) is 12.8 Å². The lowest BCUT2D eigenvalue weighted by atomic mass is 9.81. The average molecular weight is 286 g/mol. The van der Waals surface area contributed by atoms with Gasteiger partial charge in [0.2, 0.25) is 0 Å². The van der Waals surface area contributed by atoms with Crippen LogP contribution < -0.4 is 5.32 Å². The predicted molar refractivity (Wildman–Crippen MR) is 69.1 cm³/mol. The zero-order chi connectivity index (χ0) is 14.0. The highest BCUT2D eigenvalue weighted by Gasteiger charge is 2.41. The van der Waals surface area contributed by atoms with Crippen molar-refractivity contribution in [2.75, 3.05) is 0 Å². The van der Waals surface area contributed by atoms with E-state index in [2.05, 4.69) is 10.4 Å². The van der Waals surface area contributed by atoms with Crippen molar-refractivity contribution < 1.29 is 14.7 Å². The first-order valence-electron chi connectivity index (χ1n) is 6.20. The maximum atomic E-state index is 12.2. The fourth-order valence-electron chi connectivity index (χ4n) is 2.49. The molecule has 0 radical (unpaired) electrons. The van der Waals surface area contributed by atoms with Crippen LogP contribution in [0.15, 0.2) is 6.20 Å². The molecule has 0 aliphatic heterocycles. The SMILES string of the molecule is Cn1ncc(Cl)c1C(=O)NC1(C(=O)O)CCCCC1. The largest absolute Gasteiger partial charge is 0.480 e. The number of carbonyl (C=O) groups excluding carboxylic acids is 1. The minimum atomic E-state index is -1.18. The van der Waals surface area contributed by atoms with Gasteiger partial charge >= 0.3 is 5.97 Å². The summed E-state index contributed by atoms with van der Waals surface area (Å²) in [6.45, 7) is 0. The molecule has 19 heavy (non-hydrogen) atoms. The van der Waals surface area contributed by atoms with Crippen LogP contribution in [0.4, 0.5) is 0 Å². The van der Waals surface area contributed by atoms with Gasteiger partial charge in [-0.3, -0.25) is 9.48 Å². The maximum Gasteiger partial charge on any atom is 0.329 e. The standard InChI is InChI=1S/C12H16ClN3O3/c1-16-9(8(13)7-14-16)10(17)15-12(11(18)19)5-3-2-4-6-12/h7H,2-6H2,1H3,(H,15,17)(H,18,19). The summed E-state index contributed by atoms with van der Waals surface area (Å²) >= 11 is 5.89. The molecule has 0 aromatic carbocycles. The third-order valence-electron chi connectivity index (χ3n) is 3.58. The molecule has 7 heteroatoms. The molecule has 1 aromatic rings. The van der Waals surface area contributed by atoms with Crippen LogP contribution in [0.2, 0.25) is 5.02 Å². The molecular formula is C12H16ClN3O3. The number of carbonyl (C=O) groups is 2. The van der Waals surface area contributed by atoms with Gasteiger partial charge in [0.25, 0.3) is 5.91 Å². The third kappa shape index (κ3) is 2.58. The topological polar surface area (TPSA) is 84.2 Å². The van der Waals surface area contributed by atoms with Crippen LogP contribution in [0.1, 0.15) is 42.6 Å². The van der Waals surface area contributed by atoms with Crippen molar-refractivity contribution in [2.45, 2.75) is 37.6 Å². The first-order valence-corrected chi connectivity index (χ1v) is 6.57. The van der Waals surface area contributed by atoms with Gasteiger partial charge in [-0.2, -0.15) is 5.10 Å². The summed E-state index contributed by atoms with van der Waals surface area (Å²) < 4.78 is 1.34. The second-order valence-electron chi connectivity index (χ2n) is 4.87. The number of aryl methyl sites for hydroxylation is 1. The summed E-state index contributed by atoms with van der Waals surface area (Å²) in [4.78, 5) is 23.7. The van der Waals surface area contributed by atoms with Crippen molar-refractivity contribution in [3.05, 3.63) is 16.9 Å². The Kier molecular flexibility index (Phi) is 3.80. The quantitative estimate of drug-likeness (QED) is 0.883. The highest BCUT2D eigenvalue weighted by molar-refractivity contribution is 6.33. The zero-order valence-electron chi connectivity index (χ0n) is 10.6. The van der Waals surface area contributed by atoms with E-state index in [-0.39, 0.29) is 10.7 Å². The van der Waals surface area contributed by atoms with E-state index < -0.39 is 17.4 Å². The molecule has 104 valence electrons. The van der Waals surface area contributed by atoms with E-state index in [4.69, 9.17) is 11.6 Å². The number of halogens is 1. The number of aliphatic carboxylic acids is 1. The van der Waals surface area contributed by atoms with Gasteiger partial charge in [-0.15, -0.1) is 0 Å². The average Bonchev–Trinajstić information content (AvgIpc) is 2.70. The maximum absolute atomic E-state index is 12.2. The Bertz CT molecular complexity index is 487. The number of nitrogens with one attached hydrogen (secondary N) is 1. The summed E-state index contributed by atoms with van der Waals surface area (Å²) in [6, 6.07) is 0. The molecule has 6 nitrogen and oxygen atoms in total. The number of carboxylic acids is 1. The normalized spacial score (nSPS) is 18.0. The molecule has 0 saturated heterocycles. The van der Waals surface area contributed by atoms with Crippen molar-refractivity contribution in [1.82, 2.24) is 15.1 Å². The third-order valence-corrected chi connectivity index (χ3v) is 3.86. The van der Waals surface area contributed by atoms with Gasteiger partial charge in [0, 0.05) is 7.05 Å². The van der Waals surface area contributed by atoms with Crippen molar-refractivity contribution in [1.29, 1.82) is 0 Å². The molecule has 1 aliphatic carbocycles. The fourth-order valence-corrected chi connectivity index (χ4v) is 2.74. The number of rotatable bonds is 3. The molecule has 0 atom stereocenters.